The lowest BCUT2D eigenvalue weighted by atomic mass is 10.1. The molecule has 31 heavy (non-hydrogen) atoms. The Morgan fingerprint density at radius 2 is 2.00 bits per heavy atom. The van der Waals surface area contributed by atoms with Crippen LogP contribution in [0.2, 0.25) is 10.2 Å². The predicted octanol–water partition coefficient (Wildman–Crippen LogP) is 3.47. The second-order valence-corrected chi connectivity index (χ2v) is 9.17. The van der Waals surface area contributed by atoms with Crippen LogP contribution in [0.25, 0.3) is 10.9 Å². The first kappa shape index (κ1) is 22.8. The quantitative estimate of drug-likeness (QED) is 0.317. The first-order chi connectivity index (χ1) is 14.7. The molecule has 11 heteroatoms. The average molecular weight is 481 g/mol. The summed E-state index contributed by atoms with van der Waals surface area (Å²) >= 11 is 12.1. The van der Waals surface area contributed by atoms with Gasteiger partial charge in [0.1, 0.15) is 17.4 Å². The topological polar surface area (TPSA) is 101 Å². The summed E-state index contributed by atoms with van der Waals surface area (Å²) < 4.78 is 30.3. The van der Waals surface area contributed by atoms with Gasteiger partial charge >= 0.3 is 0 Å². The lowest BCUT2D eigenvalue weighted by Crippen LogP contribution is -2.39. The van der Waals surface area contributed by atoms with Gasteiger partial charge in [-0.05, 0) is 36.4 Å². The van der Waals surface area contributed by atoms with Gasteiger partial charge in [0.2, 0.25) is 10.0 Å². The second kappa shape index (κ2) is 9.51. The van der Waals surface area contributed by atoms with Gasteiger partial charge < -0.3 is 4.74 Å². The SMILES string of the molecule is COc1ccc2cc(/C=N\NC(=O)CN(c3cccc(Cl)c3)S(C)(=O)=O)c(Cl)nc2c1. The largest absolute Gasteiger partial charge is 0.497 e. The minimum absolute atomic E-state index is 0.190. The molecule has 0 spiro atoms. The number of hydrazone groups is 1. The molecule has 2 aromatic carbocycles. The number of amides is 1. The first-order valence-corrected chi connectivity index (χ1v) is 11.5. The number of benzene rings is 2. The van der Waals surface area contributed by atoms with Crippen LogP contribution in [0.4, 0.5) is 5.69 Å². The lowest BCUT2D eigenvalue weighted by Gasteiger charge is -2.21. The van der Waals surface area contributed by atoms with E-state index in [4.69, 9.17) is 27.9 Å². The van der Waals surface area contributed by atoms with Crippen molar-refractivity contribution in [2.75, 3.05) is 24.2 Å². The molecule has 0 saturated heterocycles. The number of halogens is 2. The van der Waals surface area contributed by atoms with E-state index in [1.807, 2.05) is 6.07 Å². The van der Waals surface area contributed by atoms with E-state index in [0.717, 1.165) is 15.9 Å². The Kier molecular flexibility index (Phi) is 6.99. The van der Waals surface area contributed by atoms with E-state index < -0.39 is 22.5 Å². The van der Waals surface area contributed by atoms with Crippen LogP contribution in [0.1, 0.15) is 5.56 Å². The normalized spacial score (nSPS) is 11.6. The number of fused-ring (bicyclic) bond motifs is 1. The summed E-state index contributed by atoms with van der Waals surface area (Å²) in [6, 6.07) is 13.3. The number of nitrogens with one attached hydrogen (secondary N) is 1. The molecule has 0 aliphatic heterocycles. The van der Waals surface area contributed by atoms with E-state index in [9.17, 15) is 13.2 Å². The van der Waals surface area contributed by atoms with E-state index in [-0.39, 0.29) is 10.8 Å². The smallest absolute Gasteiger partial charge is 0.260 e. The third-order valence-electron chi connectivity index (χ3n) is 4.18. The molecule has 0 radical (unpaired) electrons. The minimum atomic E-state index is -3.72. The molecule has 1 aromatic heterocycles. The molecule has 1 amide bonds. The molecule has 0 bridgehead atoms. The molecule has 162 valence electrons. The van der Waals surface area contributed by atoms with Crippen molar-refractivity contribution in [2.45, 2.75) is 0 Å². The number of hydrogen-bond acceptors (Lipinski definition) is 6. The molecule has 0 aliphatic rings. The van der Waals surface area contributed by atoms with Crippen molar-refractivity contribution in [1.29, 1.82) is 0 Å². The Labute approximate surface area is 189 Å². The summed E-state index contributed by atoms with van der Waals surface area (Å²) in [6.45, 7) is -0.472. The maximum absolute atomic E-state index is 12.3. The molecular formula is C20H18Cl2N4O4S. The number of pyridine rings is 1. The summed E-state index contributed by atoms with van der Waals surface area (Å²) in [5, 5.41) is 5.21. The Hall–Kier alpha value is -2.88. The monoisotopic (exact) mass is 480 g/mol. The highest BCUT2D eigenvalue weighted by Gasteiger charge is 2.21. The number of ether oxygens (including phenoxy) is 1. The summed E-state index contributed by atoms with van der Waals surface area (Å²) in [5.41, 5.74) is 3.70. The van der Waals surface area contributed by atoms with Crippen molar-refractivity contribution >= 4 is 61.9 Å². The van der Waals surface area contributed by atoms with Crippen molar-refractivity contribution in [3.8, 4) is 5.75 Å². The zero-order valence-electron chi connectivity index (χ0n) is 16.5. The van der Waals surface area contributed by atoms with Gasteiger partial charge in [-0.25, -0.2) is 18.8 Å². The molecular weight excluding hydrogens is 463 g/mol. The number of rotatable bonds is 7. The van der Waals surface area contributed by atoms with Crippen LogP contribution in [0, 0.1) is 0 Å². The third kappa shape index (κ3) is 5.84. The number of carbonyl (C=O) groups is 1. The summed E-state index contributed by atoms with van der Waals surface area (Å²) in [5.74, 6) is 0.0103. The van der Waals surface area contributed by atoms with E-state index in [1.165, 1.54) is 12.3 Å². The Morgan fingerprint density at radius 1 is 1.23 bits per heavy atom. The van der Waals surface area contributed by atoms with Crippen molar-refractivity contribution in [3.05, 3.63) is 64.3 Å². The zero-order chi connectivity index (χ0) is 22.6. The van der Waals surface area contributed by atoms with Gasteiger partial charge in [0.15, 0.2) is 0 Å². The number of aromatic nitrogens is 1. The van der Waals surface area contributed by atoms with Crippen molar-refractivity contribution < 1.29 is 17.9 Å². The molecule has 0 saturated carbocycles. The molecule has 1 heterocycles. The third-order valence-corrected chi connectivity index (χ3v) is 5.86. The molecule has 3 rings (SSSR count). The van der Waals surface area contributed by atoms with Crippen LogP contribution in [0.15, 0.2) is 53.6 Å². The Bertz CT molecular complexity index is 1270. The van der Waals surface area contributed by atoms with Gasteiger partial charge in [-0.3, -0.25) is 9.10 Å². The lowest BCUT2D eigenvalue weighted by molar-refractivity contribution is -0.119. The van der Waals surface area contributed by atoms with E-state index in [2.05, 4.69) is 15.5 Å². The highest BCUT2D eigenvalue weighted by molar-refractivity contribution is 7.92. The van der Waals surface area contributed by atoms with Gasteiger partial charge in [-0.15, -0.1) is 0 Å². The van der Waals surface area contributed by atoms with Crippen molar-refractivity contribution in [2.24, 2.45) is 5.10 Å². The minimum Gasteiger partial charge on any atom is -0.497 e. The molecule has 0 unspecified atom stereocenters. The number of sulfonamides is 1. The van der Waals surface area contributed by atoms with Crippen molar-refractivity contribution in [1.82, 2.24) is 10.4 Å². The molecule has 3 aromatic rings. The first-order valence-electron chi connectivity index (χ1n) is 8.87. The number of nitrogens with zero attached hydrogens (tertiary/aromatic N) is 3. The van der Waals surface area contributed by atoms with Gasteiger partial charge in [0.25, 0.3) is 5.91 Å². The predicted molar refractivity (Wildman–Crippen MR) is 123 cm³/mol. The van der Waals surface area contributed by atoms with Crippen LogP contribution in [0.3, 0.4) is 0 Å². The zero-order valence-corrected chi connectivity index (χ0v) is 18.9. The summed E-state index contributed by atoms with van der Waals surface area (Å²) in [6.07, 6.45) is 2.33. The van der Waals surface area contributed by atoms with Gasteiger partial charge in [0.05, 0.1) is 30.8 Å². The molecule has 0 fully saturated rings. The number of hydrogen-bond donors (Lipinski definition) is 1. The fourth-order valence-electron chi connectivity index (χ4n) is 2.73. The van der Waals surface area contributed by atoms with Crippen LogP contribution in [-0.4, -0.2) is 45.4 Å². The highest BCUT2D eigenvalue weighted by Crippen LogP contribution is 2.24. The maximum Gasteiger partial charge on any atom is 0.260 e. The van der Waals surface area contributed by atoms with E-state index in [0.29, 0.717) is 21.9 Å². The van der Waals surface area contributed by atoms with Crippen LogP contribution in [0.5, 0.6) is 5.75 Å². The Morgan fingerprint density at radius 3 is 2.68 bits per heavy atom. The summed E-state index contributed by atoms with van der Waals surface area (Å²) in [7, 11) is -2.16. The van der Waals surface area contributed by atoms with Crippen LogP contribution < -0.4 is 14.5 Å². The molecule has 8 nitrogen and oxygen atoms in total. The number of methoxy groups -OCH3 is 1. The fourth-order valence-corrected chi connectivity index (χ4v) is 3.96. The number of anilines is 1. The molecule has 0 atom stereocenters. The van der Waals surface area contributed by atoms with Gasteiger partial charge in [0, 0.05) is 22.0 Å². The molecule has 0 aliphatic carbocycles. The second-order valence-electron chi connectivity index (χ2n) is 6.47. The van der Waals surface area contributed by atoms with Gasteiger partial charge in [-0.2, -0.15) is 5.10 Å². The summed E-state index contributed by atoms with van der Waals surface area (Å²) in [4.78, 5) is 16.6. The van der Waals surface area contributed by atoms with Crippen LogP contribution >= 0.6 is 23.2 Å². The maximum atomic E-state index is 12.3. The average Bonchev–Trinajstić information content (AvgIpc) is 2.71. The van der Waals surface area contributed by atoms with Gasteiger partial charge in [-0.1, -0.05) is 29.3 Å². The Balaban J connectivity index is 1.74. The number of carbonyl (C=O) groups excluding carboxylic acids is 1. The van der Waals surface area contributed by atoms with Crippen molar-refractivity contribution in [3.63, 3.8) is 0 Å². The van der Waals surface area contributed by atoms with E-state index in [1.54, 1.807) is 43.5 Å². The standard InChI is InChI=1S/C20H18Cl2N4O4S/c1-30-17-7-6-13-8-14(20(22)24-18(13)10-17)11-23-25-19(27)12-26(31(2,28)29)16-5-3-4-15(21)9-16/h3-11H,12H2,1-2H3,(H,25,27)/b23-11-. The fraction of sp³-hybridized carbons (Fsp3) is 0.150. The van der Waals surface area contributed by atoms with Crippen LogP contribution in [-0.2, 0) is 14.8 Å². The highest BCUT2D eigenvalue weighted by atomic mass is 35.5. The van der Waals surface area contributed by atoms with E-state index >= 15 is 0 Å². The molecule has 1 N–H and O–H groups in total.